The number of hydrogen-bond donors (Lipinski definition) is 3. The van der Waals surface area contributed by atoms with Crippen molar-refractivity contribution < 1.29 is 4.79 Å². The van der Waals surface area contributed by atoms with Crippen LogP contribution in [0.5, 0.6) is 0 Å². The fraction of sp³-hybridized carbons (Fsp3) is 0.400. The molecule has 0 aliphatic heterocycles. The molecule has 82 valence electrons. The molecule has 15 heavy (non-hydrogen) atoms. The first-order chi connectivity index (χ1) is 7.15. The Kier molecular flexibility index (Phi) is 4.05. The van der Waals surface area contributed by atoms with Gasteiger partial charge in [-0.2, -0.15) is 0 Å². The van der Waals surface area contributed by atoms with Crippen molar-refractivity contribution in [1.82, 2.24) is 10.3 Å². The average molecular weight is 209 g/mol. The monoisotopic (exact) mass is 209 g/mol. The molecule has 0 bridgehead atoms. The predicted octanol–water partition coefficient (Wildman–Crippen LogP) is -0.158. The summed E-state index contributed by atoms with van der Waals surface area (Å²) in [7, 11) is 0. The van der Waals surface area contributed by atoms with E-state index in [4.69, 9.17) is 5.73 Å². The summed E-state index contributed by atoms with van der Waals surface area (Å²) in [5.41, 5.74) is 5.45. The molecular formula is C10H15N3O2. The highest BCUT2D eigenvalue weighted by molar-refractivity contribution is 5.93. The van der Waals surface area contributed by atoms with Crippen LogP contribution in [0.15, 0.2) is 23.3 Å². The number of aromatic nitrogens is 1. The molecule has 1 atom stereocenters. The van der Waals surface area contributed by atoms with Gasteiger partial charge in [0, 0.05) is 31.0 Å². The minimum atomic E-state index is -0.388. The summed E-state index contributed by atoms with van der Waals surface area (Å²) in [4.78, 5) is 25.5. The van der Waals surface area contributed by atoms with Crippen molar-refractivity contribution in [3.8, 4) is 0 Å². The topological polar surface area (TPSA) is 88.0 Å². The molecule has 0 saturated heterocycles. The molecule has 0 radical (unpaired) electrons. The van der Waals surface area contributed by atoms with E-state index in [1.165, 1.54) is 18.5 Å². The third-order valence-electron chi connectivity index (χ3n) is 2.12. The van der Waals surface area contributed by atoms with E-state index < -0.39 is 0 Å². The number of hydrogen-bond acceptors (Lipinski definition) is 3. The second-order valence-corrected chi connectivity index (χ2v) is 3.30. The largest absolute Gasteiger partial charge is 0.367 e. The van der Waals surface area contributed by atoms with Gasteiger partial charge in [-0.25, -0.2) is 0 Å². The Hall–Kier alpha value is -1.62. The minimum absolute atomic E-state index is 0.0725. The molecule has 1 heterocycles. The van der Waals surface area contributed by atoms with Gasteiger partial charge in [-0.05, 0) is 6.42 Å². The van der Waals surface area contributed by atoms with Crippen LogP contribution < -0.4 is 16.5 Å². The summed E-state index contributed by atoms with van der Waals surface area (Å²) in [6.45, 7) is 2.32. The lowest BCUT2D eigenvalue weighted by Gasteiger charge is -2.09. The molecule has 0 saturated carbocycles. The minimum Gasteiger partial charge on any atom is -0.367 e. The molecule has 0 aromatic carbocycles. The molecule has 1 unspecified atom stereocenters. The van der Waals surface area contributed by atoms with E-state index in [1.54, 1.807) is 0 Å². The van der Waals surface area contributed by atoms with Gasteiger partial charge < -0.3 is 16.0 Å². The number of pyridine rings is 1. The standard InChI is InChI=1S/C10H15N3O2/c1-2-7(11)5-13-10(15)8-6-12-4-3-9(8)14/h3-4,6-7H,2,5,11H2,1H3,(H,12,14)(H,13,15). The van der Waals surface area contributed by atoms with E-state index in [-0.39, 0.29) is 22.9 Å². The van der Waals surface area contributed by atoms with E-state index in [0.717, 1.165) is 6.42 Å². The summed E-state index contributed by atoms with van der Waals surface area (Å²) < 4.78 is 0. The quantitative estimate of drug-likeness (QED) is 0.644. The van der Waals surface area contributed by atoms with Crippen molar-refractivity contribution >= 4 is 5.91 Å². The molecule has 1 aromatic rings. The van der Waals surface area contributed by atoms with Crippen molar-refractivity contribution in [2.75, 3.05) is 6.54 Å². The molecule has 1 rings (SSSR count). The van der Waals surface area contributed by atoms with E-state index >= 15 is 0 Å². The van der Waals surface area contributed by atoms with Gasteiger partial charge in [0.1, 0.15) is 5.56 Å². The number of H-pyrrole nitrogens is 1. The Morgan fingerprint density at radius 2 is 2.40 bits per heavy atom. The van der Waals surface area contributed by atoms with Crippen LogP contribution in [0.1, 0.15) is 23.7 Å². The lowest BCUT2D eigenvalue weighted by molar-refractivity contribution is 0.0949. The van der Waals surface area contributed by atoms with E-state index in [9.17, 15) is 9.59 Å². The summed E-state index contributed by atoms with van der Waals surface area (Å²) in [5, 5.41) is 2.61. The van der Waals surface area contributed by atoms with E-state index in [0.29, 0.717) is 6.54 Å². The number of aromatic amines is 1. The fourth-order valence-electron chi connectivity index (χ4n) is 1.06. The Bertz CT molecular complexity index is 386. The zero-order valence-electron chi connectivity index (χ0n) is 8.62. The van der Waals surface area contributed by atoms with Crippen LogP contribution in [-0.4, -0.2) is 23.5 Å². The fourth-order valence-corrected chi connectivity index (χ4v) is 1.06. The first-order valence-corrected chi connectivity index (χ1v) is 4.86. The van der Waals surface area contributed by atoms with Crippen molar-refractivity contribution in [2.24, 2.45) is 5.73 Å². The van der Waals surface area contributed by atoms with E-state index in [1.807, 2.05) is 6.92 Å². The van der Waals surface area contributed by atoms with Gasteiger partial charge in [0.15, 0.2) is 5.43 Å². The molecule has 1 amide bonds. The van der Waals surface area contributed by atoms with Crippen LogP contribution in [0.25, 0.3) is 0 Å². The Balaban J connectivity index is 2.62. The maximum atomic E-state index is 11.5. The van der Waals surface area contributed by atoms with Crippen molar-refractivity contribution in [3.63, 3.8) is 0 Å². The molecule has 0 aliphatic carbocycles. The van der Waals surface area contributed by atoms with Crippen LogP contribution in [0.3, 0.4) is 0 Å². The number of rotatable bonds is 4. The third-order valence-corrected chi connectivity index (χ3v) is 2.12. The van der Waals surface area contributed by atoms with Gasteiger partial charge in [-0.1, -0.05) is 6.92 Å². The Labute approximate surface area is 87.7 Å². The van der Waals surface area contributed by atoms with Crippen LogP contribution in [-0.2, 0) is 0 Å². The Morgan fingerprint density at radius 1 is 1.67 bits per heavy atom. The molecule has 5 nitrogen and oxygen atoms in total. The summed E-state index contributed by atoms with van der Waals surface area (Å²) >= 11 is 0. The second kappa shape index (κ2) is 5.31. The zero-order chi connectivity index (χ0) is 11.3. The van der Waals surface area contributed by atoms with Gasteiger partial charge in [0.05, 0.1) is 0 Å². The summed E-state index contributed by atoms with van der Waals surface area (Å²) in [5.74, 6) is -0.388. The second-order valence-electron chi connectivity index (χ2n) is 3.30. The lowest BCUT2D eigenvalue weighted by atomic mass is 10.2. The first kappa shape index (κ1) is 11.5. The maximum absolute atomic E-state index is 11.5. The number of carbonyl (C=O) groups is 1. The van der Waals surface area contributed by atoms with Gasteiger partial charge in [-0.15, -0.1) is 0 Å². The number of nitrogens with one attached hydrogen (secondary N) is 2. The third kappa shape index (κ3) is 3.21. The SMILES string of the molecule is CCC(N)CNC(=O)c1c[nH]ccc1=O. The molecule has 5 heteroatoms. The lowest BCUT2D eigenvalue weighted by Crippen LogP contribution is -2.38. The molecule has 1 aromatic heterocycles. The zero-order valence-corrected chi connectivity index (χ0v) is 8.62. The Morgan fingerprint density at radius 3 is 3.00 bits per heavy atom. The molecule has 4 N–H and O–H groups in total. The van der Waals surface area contributed by atoms with Gasteiger partial charge in [0.2, 0.25) is 0 Å². The van der Waals surface area contributed by atoms with Crippen LogP contribution in [0, 0.1) is 0 Å². The summed E-state index contributed by atoms with van der Waals surface area (Å²) in [6.07, 6.45) is 3.65. The van der Waals surface area contributed by atoms with Crippen LogP contribution >= 0.6 is 0 Å². The number of amides is 1. The highest BCUT2D eigenvalue weighted by Gasteiger charge is 2.09. The highest BCUT2D eigenvalue weighted by Crippen LogP contribution is 1.89. The van der Waals surface area contributed by atoms with Crippen molar-refractivity contribution in [1.29, 1.82) is 0 Å². The smallest absolute Gasteiger partial charge is 0.256 e. The number of carbonyl (C=O) groups excluding carboxylic acids is 1. The number of nitrogens with two attached hydrogens (primary N) is 1. The van der Waals surface area contributed by atoms with E-state index in [2.05, 4.69) is 10.3 Å². The molecule has 0 fully saturated rings. The van der Waals surface area contributed by atoms with Gasteiger partial charge >= 0.3 is 0 Å². The molecular weight excluding hydrogens is 194 g/mol. The predicted molar refractivity (Wildman–Crippen MR) is 57.7 cm³/mol. The highest BCUT2D eigenvalue weighted by atomic mass is 16.2. The maximum Gasteiger partial charge on any atom is 0.256 e. The molecule has 0 spiro atoms. The normalized spacial score (nSPS) is 12.1. The van der Waals surface area contributed by atoms with Gasteiger partial charge in [-0.3, -0.25) is 9.59 Å². The van der Waals surface area contributed by atoms with Crippen molar-refractivity contribution in [3.05, 3.63) is 34.2 Å². The molecule has 0 aliphatic rings. The van der Waals surface area contributed by atoms with Crippen LogP contribution in [0.4, 0.5) is 0 Å². The average Bonchev–Trinajstić information content (AvgIpc) is 2.26. The summed E-state index contributed by atoms with van der Waals surface area (Å²) in [6, 6.07) is 1.24. The van der Waals surface area contributed by atoms with Crippen molar-refractivity contribution in [2.45, 2.75) is 19.4 Å². The van der Waals surface area contributed by atoms with Crippen LogP contribution in [0.2, 0.25) is 0 Å². The first-order valence-electron chi connectivity index (χ1n) is 4.86. The van der Waals surface area contributed by atoms with Gasteiger partial charge in [0.25, 0.3) is 5.91 Å².